The summed E-state index contributed by atoms with van der Waals surface area (Å²) in [5.41, 5.74) is 0.717. The maximum atomic E-state index is 11.6. The fraction of sp³-hybridized carbons (Fsp3) is 0.364. The van der Waals surface area contributed by atoms with Gasteiger partial charge in [-0.2, -0.15) is 0 Å². The molecule has 0 bridgehead atoms. The molecule has 0 spiro atoms. The van der Waals surface area contributed by atoms with Crippen LogP contribution in [0.4, 0.5) is 10.5 Å². The third kappa shape index (κ3) is 2.28. The number of hydrogen-bond donors (Lipinski definition) is 1. The number of carbonyl (C=O) groups excluding carboxylic acids is 1. The highest BCUT2D eigenvalue weighted by Crippen LogP contribution is 2.23. The second kappa shape index (κ2) is 4.72. The Balaban J connectivity index is 2.14. The SMILES string of the molecule is O=C1OC(CO)CCN1c1cccc(Cl)c1. The topological polar surface area (TPSA) is 49.8 Å². The van der Waals surface area contributed by atoms with Crippen molar-refractivity contribution in [1.29, 1.82) is 0 Å². The first kappa shape index (κ1) is 11.2. The van der Waals surface area contributed by atoms with Gasteiger partial charge in [0.1, 0.15) is 6.10 Å². The Morgan fingerprint density at radius 3 is 3.00 bits per heavy atom. The third-order valence-electron chi connectivity index (χ3n) is 2.49. The standard InChI is InChI=1S/C11H12ClNO3/c12-8-2-1-3-9(6-8)13-5-4-10(7-14)16-11(13)15/h1-3,6,10,14H,4-5,7H2. The molecule has 1 aliphatic rings. The maximum Gasteiger partial charge on any atom is 0.414 e. The molecule has 86 valence electrons. The average molecular weight is 242 g/mol. The van der Waals surface area contributed by atoms with Gasteiger partial charge in [-0.3, -0.25) is 4.90 Å². The molecule has 1 atom stereocenters. The van der Waals surface area contributed by atoms with Crippen molar-refractivity contribution in [3.05, 3.63) is 29.3 Å². The summed E-state index contributed by atoms with van der Waals surface area (Å²) in [4.78, 5) is 13.1. The minimum Gasteiger partial charge on any atom is -0.443 e. The summed E-state index contributed by atoms with van der Waals surface area (Å²) in [7, 11) is 0. The van der Waals surface area contributed by atoms with Crippen LogP contribution >= 0.6 is 11.6 Å². The van der Waals surface area contributed by atoms with Gasteiger partial charge in [0.05, 0.1) is 6.61 Å². The van der Waals surface area contributed by atoms with E-state index in [-0.39, 0.29) is 12.7 Å². The minimum absolute atomic E-state index is 0.130. The molecule has 1 saturated heterocycles. The highest BCUT2D eigenvalue weighted by atomic mass is 35.5. The van der Waals surface area contributed by atoms with E-state index in [9.17, 15) is 4.79 Å². The van der Waals surface area contributed by atoms with E-state index in [4.69, 9.17) is 21.4 Å². The number of aliphatic hydroxyl groups is 1. The van der Waals surface area contributed by atoms with Gasteiger partial charge in [0.15, 0.2) is 0 Å². The number of halogens is 1. The Morgan fingerprint density at radius 1 is 1.56 bits per heavy atom. The highest BCUT2D eigenvalue weighted by Gasteiger charge is 2.27. The number of benzene rings is 1. The predicted octanol–water partition coefficient (Wildman–Crippen LogP) is 2.05. The number of ether oxygens (including phenoxy) is 1. The summed E-state index contributed by atoms with van der Waals surface area (Å²) in [6.07, 6.45) is -0.204. The number of amides is 1. The Bertz CT molecular complexity index is 397. The van der Waals surface area contributed by atoms with Gasteiger partial charge in [0.2, 0.25) is 0 Å². The molecule has 2 rings (SSSR count). The van der Waals surface area contributed by atoms with Crippen molar-refractivity contribution < 1.29 is 14.6 Å². The van der Waals surface area contributed by atoms with E-state index >= 15 is 0 Å². The maximum absolute atomic E-state index is 11.6. The van der Waals surface area contributed by atoms with Crippen LogP contribution in [-0.2, 0) is 4.74 Å². The van der Waals surface area contributed by atoms with Crippen molar-refractivity contribution in [1.82, 2.24) is 0 Å². The molecule has 0 aromatic heterocycles. The number of carbonyl (C=O) groups is 1. The van der Waals surface area contributed by atoms with Crippen molar-refractivity contribution in [3.63, 3.8) is 0 Å². The van der Waals surface area contributed by atoms with Gasteiger partial charge in [0.25, 0.3) is 0 Å². The zero-order chi connectivity index (χ0) is 11.5. The lowest BCUT2D eigenvalue weighted by Crippen LogP contribution is -2.43. The van der Waals surface area contributed by atoms with Gasteiger partial charge >= 0.3 is 6.09 Å². The Morgan fingerprint density at radius 2 is 2.38 bits per heavy atom. The van der Waals surface area contributed by atoms with E-state index in [1.165, 1.54) is 4.90 Å². The van der Waals surface area contributed by atoms with Crippen molar-refractivity contribution in [2.75, 3.05) is 18.1 Å². The molecule has 0 radical (unpaired) electrons. The van der Waals surface area contributed by atoms with E-state index in [1.807, 2.05) is 0 Å². The molecule has 1 amide bonds. The van der Waals surface area contributed by atoms with Crippen LogP contribution in [0.5, 0.6) is 0 Å². The molecular formula is C11H12ClNO3. The largest absolute Gasteiger partial charge is 0.443 e. The molecule has 1 fully saturated rings. The van der Waals surface area contributed by atoms with Gasteiger partial charge in [0, 0.05) is 23.7 Å². The molecule has 1 aromatic carbocycles. The molecule has 0 aliphatic carbocycles. The summed E-state index contributed by atoms with van der Waals surface area (Å²) in [6, 6.07) is 7.04. The van der Waals surface area contributed by atoms with E-state index in [2.05, 4.69) is 0 Å². The minimum atomic E-state index is -0.437. The summed E-state index contributed by atoms with van der Waals surface area (Å²) >= 11 is 5.85. The van der Waals surface area contributed by atoms with Crippen LogP contribution in [0.15, 0.2) is 24.3 Å². The summed E-state index contributed by atoms with van der Waals surface area (Å²) < 4.78 is 5.04. The van der Waals surface area contributed by atoms with Crippen LogP contribution in [0.3, 0.4) is 0 Å². The first-order chi connectivity index (χ1) is 7.70. The smallest absolute Gasteiger partial charge is 0.414 e. The van der Waals surface area contributed by atoms with E-state index in [1.54, 1.807) is 24.3 Å². The molecule has 1 heterocycles. The van der Waals surface area contributed by atoms with Gasteiger partial charge in [-0.1, -0.05) is 17.7 Å². The molecule has 4 nitrogen and oxygen atoms in total. The Labute approximate surface area is 98.4 Å². The molecule has 5 heteroatoms. The number of nitrogens with zero attached hydrogens (tertiary/aromatic N) is 1. The van der Waals surface area contributed by atoms with Crippen molar-refractivity contribution >= 4 is 23.4 Å². The molecule has 1 aromatic rings. The van der Waals surface area contributed by atoms with Crippen molar-refractivity contribution in [3.8, 4) is 0 Å². The normalized spacial score (nSPS) is 20.8. The quantitative estimate of drug-likeness (QED) is 0.862. The highest BCUT2D eigenvalue weighted by molar-refractivity contribution is 6.30. The van der Waals surface area contributed by atoms with Crippen LogP contribution in [-0.4, -0.2) is 30.5 Å². The first-order valence-corrected chi connectivity index (χ1v) is 5.43. The average Bonchev–Trinajstić information content (AvgIpc) is 2.28. The fourth-order valence-electron chi connectivity index (χ4n) is 1.64. The van der Waals surface area contributed by atoms with Gasteiger partial charge in [-0.05, 0) is 18.2 Å². The summed E-state index contributed by atoms with van der Waals surface area (Å²) in [6.45, 7) is 0.402. The van der Waals surface area contributed by atoms with Crippen LogP contribution in [0.1, 0.15) is 6.42 Å². The van der Waals surface area contributed by atoms with Crippen LogP contribution in [0.25, 0.3) is 0 Å². The van der Waals surface area contributed by atoms with E-state index in [0.717, 1.165) is 0 Å². The number of cyclic esters (lactones) is 1. The van der Waals surface area contributed by atoms with Gasteiger partial charge < -0.3 is 9.84 Å². The summed E-state index contributed by atoms with van der Waals surface area (Å²) in [5, 5.41) is 9.47. The van der Waals surface area contributed by atoms with Crippen LogP contribution in [0, 0.1) is 0 Å². The Kier molecular flexibility index (Phi) is 3.31. The third-order valence-corrected chi connectivity index (χ3v) is 2.72. The molecule has 0 saturated carbocycles. The number of anilines is 1. The zero-order valence-electron chi connectivity index (χ0n) is 8.60. The van der Waals surface area contributed by atoms with Gasteiger partial charge in [-0.15, -0.1) is 0 Å². The molecule has 16 heavy (non-hydrogen) atoms. The summed E-state index contributed by atoms with van der Waals surface area (Å²) in [5.74, 6) is 0. The van der Waals surface area contributed by atoms with Gasteiger partial charge in [-0.25, -0.2) is 4.79 Å². The predicted molar refractivity (Wildman–Crippen MR) is 60.8 cm³/mol. The molecule has 1 unspecified atom stereocenters. The number of rotatable bonds is 2. The van der Waals surface area contributed by atoms with E-state index < -0.39 is 6.09 Å². The van der Waals surface area contributed by atoms with Crippen LogP contribution in [0.2, 0.25) is 5.02 Å². The monoisotopic (exact) mass is 241 g/mol. The number of aliphatic hydroxyl groups excluding tert-OH is 1. The fourth-order valence-corrected chi connectivity index (χ4v) is 1.82. The molecule has 1 aliphatic heterocycles. The van der Waals surface area contributed by atoms with Crippen molar-refractivity contribution in [2.45, 2.75) is 12.5 Å². The Hall–Kier alpha value is -1.26. The van der Waals surface area contributed by atoms with Crippen molar-refractivity contribution in [2.24, 2.45) is 0 Å². The lowest BCUT2D eigenvalue weighted by molar-refractivity contribution is 0.0453. The lowest BCUT2D eigenvalue weighted by Gasteiger charge is -2.30. The second-order valence-electron chi connectivity index (χ2n) is 3.61. The van der Waals surface area contributed by atoms with Crippen LogP contribution < -0.4 is 4.90 Å². The molecular weight excluding hydrogens is 230 g/mol. The second-order valence-corrected chi connectivity index (χ2v) is 4.04. The zero-order valence-corrected chi connectivity index (χ0v) is 9.35. The lowest BCUT2D eigenvalue weighted by atomic mass is 10.2. The number of hydrogen-bond acceptors (Lipinski definition) is 3. The van der Waals surface area contributed by atoms with E-state index in [0.29, 0.717) is 23.7 Å². The molecule has 1 N–H and O–H groups in total. The first-order valence-electron chi connectivity index (χ1n) is 5.05.